The first kappa shape index (κ1) is 21.7. The summed E-state index contributed by atoms with van der Waals surface area (Å²) in [7, 11) is 1.85. The number of ether oxygens (including phenoxy) is 1. The average molecular weight is 479 g/mol. The normalized spacial score (nSPS) is 29.4. The van der Waals surface area contributed by atoms with Crippen LogP contribution in [0, 0.1) is 5.41 Å². The van der Waals surface area contributed by atoms with Crippen molar-refractivity contribution in [3.05, 3.63) is 0 Å². The van der Waals surface area contributed by atoms with E-state index in [1.54, 1.807) is 0 Å². The van der Waals surface area contributed by atoms with E-state index in [9.17, 15) is 4.79 Å². The van der Waals surface area contributed by atoms with Crippen LogP contribution in [-0.2, 0) is 9.53 Å². The molecule has 0 aromatic rings. The van der Waals surface area contributed by atoms with Gasteiger partial charge >= 0.3 is 0 Å². The number of nitrogens with zero attached hydrogens (tertiary/aromatic N) is 3. The smallest absolute Gasteiger partial charge is 0.220 e. The second-order valence-corrected chi connectivity index (χ2v) is 8.30. The van der Waals surface area contributed by atoms with Crippen LogP contribution in [0.25, 0.3) is 0 Å². The lowest BCUT2D eigenvalue weighted by molar-refractivity contribution is -0.119. The zero-order valence-corrected chi connectivity index (χ0v) is 18.7. The van der Waals surface area contributed by atoms with E-state index in [1.807, 2.05) is 7.05 Å². The Morgan fingerprint density at radius 3 is 2.85 bits per heavy atom. The summed E-state index contributed by atoms with van der Waals surface area (Å²) in [4.78, 5) is 21.0. The second-order valence-electron chi connectivity index (χ2n) is 8.30. The van der Waals surface area contributed by atoms with Crippen molar-refractivity contribution in [2.24, 2.45) is 10.4 Å². The SMILES string of the molecule is CN=C(NCCN1CCOCC1(C)C)N1CCCC2(CNC(=O)C2)C1.I. The summed E-state index contributed by atoms with van der Waals surface area (Å²) in [5.41, 5.74) is 0.188. The van der Waals surface area contributed by atoms with Gasteiger partial charge in [0.05, 0.1) is 13.2 Å². The van der Waals surface area contributed by atoms with Gasteiger partial charge < -0.3 is 20.3 Å². The molecule has 8 heteroatoms. The molecule has 0 aromatic heterocycles. The summed E-state index contributed by atoms with van der Waals surface area (Å²) in [5, 5.41) is 6.54. The number of piperidine rings is 1. The van der Waals surface area contributed by atoms with E-state index in [2.05, 4.69) is 39.3 Å². The van der Waals surface area contributed by atoms with Crippen LogP contribution in [0.2, 0.25) is 0 Å². The molecule has 26 heavy (non-hydrogen) atoms. The Bertz CT molecular complexity index is 528. The van der Waals surface area contributed by atoms with E-state index >= 15 is 0 Å². The fourth-order valence-electron chi connectivity index (χ4n) is 4.37. The summed E-state index contributed by atoms with van der Waals surface area (Å²) in [5.74, 6) is 1.16. The molecule has 2 N–H and O–H groups in total. The van der Waals surface area contributed by atoms with Crippen molar-refractivity contribution >= 4 is 35.8 Å². The highest BCUT2D eigenvalue weighted by Crippen LogP contribution is 2.35. The molecule has 1 spiro atoms. The van der Waals surface area contributed by atoms with E-state index in [0.717, 1.165) is 71.3 Å². The molecule has 7 nitrogen and oxygen atoms in total. The largest absolute Gasteiger partial charge is 0.378 e. The van der Waals surface area contributed by atoms with Gasteiger partial charge in [0.2, 0.25) is 5.91 Å². The zero-order chi connectivity index (χ0) is 17.9. The van der Waals surface area contributed by atoms with E-state index < -0.39 is 0 Å². The van der Waals surface area contributed by atoms with Gasteiger partial charge in [-0.3, -0.25) is 14.7 Å². The first-order chi connectivity index (χ1) is 11.9. The van der Waals surface area contributed by atoms with Crippen molar-refractivity contribution in [2.75, 3.05) is 59.5 Å². The number of rotatable bonds is 3. The van der Waals surface area contributed by atoms with Crippen molar-refractivity contribution in [2.45, 2.75) is 38.6 Å². The van der Waals surface area contributed by atoms with Gasteiger partial charge in [-0.2, -0.15) is 0 Å². The van der Waals surface area contributed by atoms with Crippen LogP contribution in [0.15, 0.2) is 4.99 Å². The van der Waals surface area contributed by atoms with Gasteiger partial charge in [0, 0.05) is 63.7 Å². The van der Waals surface area contributed by atoms with Crippen molar-refractivity contribution in [1.29, 1.82) is 0 Å². The van der Waals surface area contributed by atoms with Gasteiger partial charge in [-0.1, -0.05) is 0 Å². The fourth-order valence-corrected chi connectivity index (χ4v) is 4.37. The predicted octanol–water partition coefficient (Wildman–Crippen LogP) is 0.893. The molecule has 3 heterocycles. The van der Waals surface area contributed by atoms with Gasteiger partial charge in [-0.25, -0.2) is 0 Å². The van der Waals surface area contributed by atoms with Crippen molar-refractivity contribution in [3.63, 3.8) is 0 Å². The molecule has 3 saturated heterocycles. The average Bonchev–Trinajstić information content (AvgIpc) is 2.92. The van der Waals surface area contributed by atoms with Crippen LogP contribution in [-0.4, -0.2) is 86.7 Å². The Kier molecular flexibility index (Phi) is 7.55. The number of likely N-dealkylation sites (tertiary alicyclic amines) is 1. The highest BCUT2D eigenvalue weighted by Gasteiger charge is 2.42. The molecule has 1 amide bonds. The minimum atomic E-state index is 0. The van der Waals surface area contributed by atoms with Crippen molar-refractivity contribution < 1.29 is 9.53 Å². The summed E-state index contributed by atoms with van der Waals surface area (Å²) in [6.07, 6.45) is 2.90. The standard InChI is InChI=1S/C18H33N5O2.HI/c1-17(2)14-25-10-9-23(17)8-6-20-16(19-3)22-7-4-5-18(13-22)11-15(24)21-12-18;/h4-14H2,1-3H3,(H,19,20)(H,21,24);1H. The lowest BCUT2D eigenvalue weighted by atomic mass is 9.79. The van der Waals surface area contributed by atoms with Gasteiger partial charge in [0.25, 0.3) is 0 Å². The van der Waals surface area contributed by atoms with Gasteiger partial charge in [-0.05, 0) is 26.7 Å². The Morgan fingerprint density at radius 1 is 1.38 bits per heavy atom. The summed E-state index contributed by atoms with van der Waals surface area (Å²) >= 11 is 0. The molecule has 0 radical (unpaired) electrons. The molecule has 1 atom stereocenters. The molecule has 3 rings (SSSR count). The molecule has 0 aliphatic carbocycles. The van der Waals surface area contributed by atoms with Gasteiger partial charge in [-0.15, -0.1) is 24.0 Å². The second kappa shape index (κ2) is 9.05. The van der Waals surface area contributed by atoms with Crippen LogP contribution in [0.5, 0.6) is 0 Å². The minimum Gasteiger partial charge on any atom is -0.378 e. The number of carbonyl (C=O) groups excluding carboxylic acids is 1. The van der Waals surface area contributed by atoms with Crippen LogP contribution in [0.3, 0.4) is 0 Å². The highest BCUT2D eigenvalue weighted by atomic mass is 127. The third kappa shape index (κ3) is 5.01. The lowest BCUT2D eigenvalue weighted by Gasteiger charge is -2.43. The van der Waals surface area contributed by atoms with E-state index in [0.29, 0.717) is 6.42 Å². The molecular formula is C18H34IN5O2. The molecular weight excluding hydrogens is 445 g/mol. The number of halogens is 1. The summed E-state index contributed by atoms with van der Waals surface area (Å²) < 4.78 is 5.59. The number of morpholine rings is 1. The monoisotopic (exact) mass is 479 g/mol. The van der Waals surface area contributed by atoms with E-state index in [-0.39, 0.29) is 40.8 Å². The number of hydrogen-bond acceptors (Lipinski definition) is 4. The first-order valence-electron chi connectivity index (χ1n) is 9.49. The Balaban J connectivity index is 0.00000243. The summed E-state index contributed by atoms with van der Waals surface area (Å²) in [6.45, 7) is 11.6. The van der Waals surface area contributed by atoms with E-state index in [4.69, 9.17) is 4.74 Å². The third-order valence-corrected chi connectivity index (χ3v) is 5.85. The maximum atomic E-state index is 11.7. The quantitative estimate of drug-likeness (QED) is 0.358. The lowest BCUT2D eigenvalue weighted by Crippen LogP contribution is -2.56. The predicted molar refractivity (Wildman–Crippen MR) is 114 cm³/mol. The number of hydrogen-bond donors (Lipinski definition) is 2. The summed E-state index contributed by atoms with van der Waals surface area (Å²) in [6, 6.07) is 0. The molecule has 1 unspecified atom stereocenters. The topological polar surface area (TPSA) is 69.2 Å². The Hall–Kier alpha value is -0.610. The van der Waals surface area contributed by atoms with Crippen molar-refractivity contribution in [3.8, 4) is 0 Å². The molecule has 0 aromatic carbocycles. The Morgan fingerprint density at radius 2 is 2.19 bits per heavy atom. The van der Waals surface area contributed by atoms with E-state index in [1.165, 1.54) is 0 Å². The minimum absolute atomic E-state index is 0. The highest BCUT2D eigenvalue weighted by molar-refractivity contribution is 14.0. The number of guanidine groups is 1. The Labute approximate surface area is 174 Å². The van der Waals surface area contributed by atoms with Crippen molar-refractivity contribution in [1.82, 2.24) is 20.4 Å². The number of amides is 1. The molecule has 3 aliphatic rings. The number of carbonyl (C=O) groups is 1. The molecule has 150 valence electrons. The van der Waals surface area contributed by atoms with Gasteiger partial charge in [0.15, 0.2) is 5.96 Å². The van der Waals surface area contributed by atoms with Gasteiger partial charge in [0.1, 0.15) is 0 Å². The number of nitrogens with one attached hydrogen (secondary N) is 2. The van der Waals surface area contributed by atoms with Crippen LogP contribution in [0.1, 0.15) is 33.1 Å². The molecule has 3 fully saturated rings. The zero-order valence-electron chi connectivity index (χ0n) is 16.3. The molecule has 3 aliphatic heterocycles. The van der Waals surface area contributed by atoms with Crippen LogP contribution >= 0.6 is 24.0 Å². The maximum Gasteiger partial charge on any atom is 0.220 e. The van der Waals surface area contributed by atoms with Crippen LogP contribution < -0.4 is 10.6 Å². The molecule has 0 bridgehead atoms. The number of aliphatic imine (C=N–C) groups is 1. The maximum absolute atomic E-state index is 11.7. The third-order valence-electron chi connectivity index (χ3n) is 5.85. The first-order valence-corrected chi connectivity index (χ1v) is 9.49. The molecule has 0 saturated carbocycles. The van der Waals surface area contributed by atoms with Crippen LogP contribution in [0.4, 0.5) is 0 Å². The fraction of sp³-hybridized carbons (Fsp3) is 0.889.